The third-order valence-corrected chi connectivity index (χ3v) is 6.92. The molecule has 1 atom stereocenters. The summed E-state index contributed by atoms with van der Waals surface area (Å²) in [4.78, 5) is 14.8. The van der Waals surface area contributed by atoms with Gasteiger partial charge in [0.1, 0.15) is 17.7 Å². The number of aliphatic hydroxyl groups excluding tert-OH is 1. The number of benzene rings is 3. The Labute approximate surface area is 226 Å². The summed E-state index contributed by atoms with van der Waals surface area (Å²) >= 11 is 0. The largest absolute Gasteiger partial charge is 0.457 e. The number of carbonyl (C=O) groups is 1. The van der Waals surface area contributed by atoms with Crippen LogP contribution in [-0.4, -0.2) is 48.4 Å². The van der Waals surface area contributed by atoms with Crippen molar-refractivity contribution in [3.8, 4) is 11.5 Å². The molecule has 1 unspecified atom stereocenters. The summed E-state index contributed by atoms with van der Waals surface area (Å²) in [5.41, 5.74) is 3.04. The summed E-state index contributed by atoms with van der Waals surface area (Å²) in [5.74, 6) is 2.20. The van der Waals surface area contributed by atoms with Gasteiger partial charge in [-0.15, -0.1) is 0 Å². The van der Waals surface area contributed by atoms with E-state index in [2.05, 4.69) is 39.0 Å². The van der Waals surface area contributed by atoms with E-state index in [1.165, 1.54) is 5.56 Å². The molecule has 0 radical (unpaired) electrons. The molecule has 4 rings (SSSR count). The Kier molecular flexibility index (Phi) is 10.0. The molecule has 0 saturated carbocycles. The number of amides is 2. The number of aliphatic hydroxyl groups is 1. The lowest BCUT2D eigenvalue weighted by Gasteiger charge is -2.32. The predicted octanol–water partition coefficient (Wildman–Crippen LogP) is 6.26. The molecule has 0 aliphatic carbocycles. The van der Waals surface area contributed by atoms with Crippen LogP contribution in [0.4, 0.5) is 16.2 Å². The van der Waals surface area contributed by atoms with E-state index >= 15 is 0 Å². The molecule has 1 aliphatic heterocycles. The van der Waals surface area contributed by atoms with E-state index in [9.17, 15) is 9.90 Å². The quantitative estimate of drug-likeness (QED) is 0.179. The van der Waals surface area contributed by atoms with Crippen molar-refractivity contribution in [2.75, 3.05) is 36.8 Å². The number of urea groups is 1. The summed E-state index contributed by atoms with van der Waals surface area (Å²) < 4.78 is 5.79. The van der Waals surface area contributed by atoms with Gasteiger partial charge in [0.05, 0.1) is 0 Å². The number of para-hydroxylation sites is 1. The second kappa shape index (κ2) is 13.8. The highest BCUT2D eigenvalue weighted by molar-refractivity contribution is 5.89. The Morgan fingerprint density at radius 1 is 0.947 bits per heavy atom. The molecule has 7 nitrogen and oxygen atoms in total. The molecular formula is C31H40N4O3. The number of hydrogen-bond acceptors (Lipinski definition) is 5. The lowest BCUT2D eigenvalue weighted by atomic mass is 9.89. The number of nitrogens with zero attached hydrogens (tertiary/aromatic N) is 1. The zero-order chi connectivity index (χ0) is 26.7. The van der Waals surface area contributed by atoms with Crippen molar-refractivity contribution < 1.29 is 14.6 Å². The normalized spacial score (nSPS) is 15.2. The number of likely N-dealkylation sites (tertiary alicyclic amines) is 1. The van der Waals surface area contributed by atoms with Gasteiger partial charge < -0.3 is 30.7 Å². The number of carbonyl (C=O) groups excluding carboxylic acids is 1. The second-order valence-corrected chi connectivity index (χ2v) is 10.2. The maximum absolute atomic E-state index is 12.3. The molecule has 38 heavy (non-hydrogen) atoms. The molecule has 0 aromatic heterocycles. The van der Waals surface area contributed by atoms with Crippen LogP contribution in [0.3, 0.4) is 0 Å². The molecule has 1 fully saturated rings. The molecular weight excluding hydrogens is 476 g/mol. The lowest BCUT2D eigenvalue weighted by molar-refractivity contribution is 0.153. The highest BCUT2D eigenvalue weighted by Gasteiger charge is 2.21. The van der Waals surface area contributed by atoms with Gasteiger partial charge in [0.15, 0.2) is 0 Å². The van der Waals surface area contributed by atoms with E-state index in [0.29, 0.717) is 12.5 Å². The highest BCUT2D eigenvalue weighted by atomic mass is 16.5. The predicted molar refractivity (Wildman–Crippen MR) is 154 cm³/mol. The van der Waals surface area contributed by atoms with Crippen molar-refractivity contribution in [2.45, 2.75) is 45.3 Å². The zero-order valence-corrected chi connectivity index (χ0v) is 22.4. The van der Waals surface area contributed by atoms with Crippen LogP contribution in [0.2, 0.25) is 0 Å². The average Bonchev–Trinajstić information content (AvgIpc) is 2.93. The van der Waals surface area contributed by atoms with Crippen LogP contribution < -0.4 is 20.7 Å². The summed E-state index contributed by atoms with van der Waals surface area (Å²) in [6.07, 6.45) is 2.61. The summed E-state index contributed by atoms with van der Waals surface area (Å²) in [7, 11) is 0. The molecule has 4 N–H and O–H groups in total. The van der Waals surface area contributed by atoms with Crippen LogP contribution in [0.25, 0.3) is 0 Å². The Bertz CT molecular complexity index is 1130. The number of ether oxygens (including phenoxy) is 1. The van der Waals surface area contributed by atoms with E-state index in [0.717, 1.165) is 61.8 Å². The van der Waals surface area contributed by atoms with Gasteiger partial charge in [-0.05, 0) is 105 Å². The van der Waals surface area contributed by atoms with E-state index in [4.69, 9.17) is 4.74 Å². The SMILES string of the molecule is CC(C)C(O)Nc1cccc(C2CCN(CCCNC(=O)Nc3ccc(Oc4ccccc4)cc3)CC2)c1. The van der Waals surface area contributed by atoms with Crippen molar-refractivity contribution >= 4 is 17.4 Å². The highest BCUT2D eigenvalue weighted by Crippen LogP contribution is 2.30. The molecule has 0 spiro atoms. The van der Waals surface area contributed by atoms with Crippen LogP contribution in [0.5, 0.6) is 11.5 Å². The second-order valence-electron chi connectivity index (χ2n) is 10.2. The van der Waals surface area contributed by atoms with Crippen LogP contribution in [0.1, 0.15) is 44.6 Å². The monoisotopic (exact) mass is 516 g/mol. The lowest BCUT2D eigenvalue weighted by Crippen LogP contribution is -2.36. The molecule has 1 saturated heterocycles. The van der Waals surface area contributed by atoms with E-state index in [1.54, 1.807) is 0 Å². The molecule has 3 aromatic rings. The van der Waals surface area contributed by atoms with Gasteiger partial charge in [-0.1, -0.05) is 44.2 Å². The third-order valence-electron chi connectivity index (χ3n) is 6.92. The van der Waals surface area contributed by atoms with Gasteiger partial charge in [0, 0.05) is 17.9 Å². The van der Waals surface area contributed by atoms with Gasteiger partial charge in [-0.25, -0.2) is 4.79 Å². The van der Waals surface area contributed by atoms with Gasteiger partial charge in [-0.2, -0.15) is 0 Å². The van der Waals surface area contributed by atoms with Crippen LogP contribution >= 0.6 is 0 Å². The van der Waals surface area contributed by atoms with Crippen molar-refractivity contribution in [1.29, 1.82) is 0 Å². The van der Waals surface area contributed by atoms with Crippen LogP contribution in [0.15, 0.2) is 78.9 Å². The first kappa shape index (κ1) is 27.5. The fourth-order valence-electron chi connectivity index (χ4n) is 4.62. The van der Waals surface area contributed by atoms with E-state index in [-0.39, 0.29) is 11.9 Å². The maximum atomic E-state index is 12.3. The Hall–Kier alpha value is -3.55. The van der Waals surface area contributed by atoms with Crippen molar-refractivity contribution in [3.63, 3.8) is 0 Å². The first-order valence-corrected chi connectivity index (χ1v) is 13.6. The maximum Gasteiger partial charge on any atom is 0.319 e. The molecule has 1 aliphatic rings. The van der Waals surface area contributed by atoms with Crippen LogP contribution in [0, 0.1) is 5.92 Å². The van der Waals surface area contributed by atoms with Crippen molar-refractivity contribution in [1.82, 2.24) is 10.2 Å². The minimum Gasteiger partial charge on any atom is -0.457 e. The minimum atomic E-state index is -0.539. The molecule has 2 amide bonds. The fraction of sp³-hybridized carbons (Fsp3) is 0.387. The van der Waals surface area contributed by atoms with Gasteiger partial charge in [-0.3, -0.25) is 0 Å². The van der Waals surface area contributed by atoms with Crippen molar-refractivity contribution in [2.24, 2.45) is 5.92 Å². The van der Waals surface area contributed by atoms with Gasteiger partial charge in [0.2, 0.25) is 0 Å². The summed E-state index contributed by atoms with van der Waals surface area (Å²) in [5, 5.41) is 19.2. The smallest absolute Gasteiger partial charge is 0.319 e. The number of anilines is 2. The molecule has 7 heteroatoms. The third kappa shape index (κ3) is 8.50. The molecule has 202 valence electrons. The Morgan fingerprint density at radius 3 is 2.37 bits per heavy atom. The van der Waals surface area contributed by atoms with E-state index in [1.807, 2.05) is 74.5 Å². The van der Waals surface area contributed by atoms with Gasteiger partial charge >= 0.3 is 6.03 Å². The average molecular weight is 517 g/mol. The molecule has 1 heterocycles. The van der Waals surface area contributed by atoms with Crippen LogP contribution in [-0.2, 0) is 0 Å². The zero-order valence-electron chi connectivity index (χ0n) is 22.4. The fourth-order valence-corrected chi connectivity index (χ4v) is 4.62. The molecule has 3 aromatic carbocycles. The van der Waals surface area contributed by atoms with E-state index < -0.39 is 6.23 Å². The number of hydrogen-bond donors (Lipinski definition) is 4. The van der Waals surface area contributed by atoms with Crippen molar-refractivity contribution in [3.05, 3.63) is 84.4 Å². The summed E-state index contributed by atoms with van der Waals surface area (Å²) in [6.45, 7) is 7.72. The topological polar surface area (TPSA) is 85.9 Å². The standard InChI is InChI=1S/C31H40N4O3/c1-23(2)30(36)33-27-9-6-8-25(22-27)24-16-20-35(21-17-24)19-7-18-32-31(37)34-26-12-14-29(15-13-26)38-28-10-4-3-5-11-28/h3-6,8-15,22-24,30,33,36H,7,16-21H2,1-2H3,(H2,32,34,37). The Morgan fingerprint density at radius 2 is 1.66 bits per heavy atom. The number of nitrogens with one attached hydrogen (secondary N) is 3. The van der Waals surface area contributed by atoms with Gasteiger partial charge in [0.25, 0.3) is 0 Å². The first-order valence-electron chi connectivity index (χ1n) is 13.6. The minimum absolute atomic E-state index is 0.161. The molecule has 0 bridgehead atoms. The number of piperidine rings is 1. The Balaban J connectivity index is 1.12. The number of rotatable bonds is 11. The summed E-state index contributed by atoms with van der Waals surface area (Å²) in [6, 6.07) is 25.2. The first-order chi connectivity index (χ1) is 18.5.